The molecule has 1 heterocycles. The number of nitrogens with zero attached hydrogens (tertiary/aromatic N) is 1. The summed E-state index contributed by atoms with van der Waals surface area (Å²) in [7, 11) is 0. The molecule has 0 saturated heterocycles. The molecule has 0 aliphatic rings. The SMILES string of the molecule is NCc1ccc(OCCCOc2cccnc2)cc1. The first kappa shape index (κ1) is 13.4. The standard InChI is InChI=1S/C15H18N2O2/c16-11-13-4-6-14(7-5-13)18-9-2-10-19-15-3-1-8-17-12-15/h1,3-8,12H,2,9-11,16H2. The lowest BCUT2D eigenvalue weighted by atomic mass is 10.2. The first-order valence-corrected chi connectivity index (χ1v) is 6.33. The van der Waals surface area contributed by atoms with Gasteiger partial charge in [-0.3, -0.25) is 4.98 Å². The van der Waals surface area contributed by atoms with Crippen molar-refractivity contribution in [3.63, 3.8) is 0 Å². The van der Waals surface area contributed by atoms with Gasteiger partial charge in [0.1, 0.15) is 11.5 Å². The minimum absolute atomic E-state index is 0.555. The van der Waals surface area contributed by atoms with Gasteiger partial charge in [0, 0.05) is 19.2 Å². The Morgan fingerprint density at radius 1 is 0.947 bits per heavy atom. The molecule has 0 bridgehead atoms. The molecule has 0 fully saturated rings. The minimum Gasteiger partial charge on any atom is -0.493 e. The van der Waals surface area contributed by atoms with E-state index < -0.39 is 0 Å². The molecule has 0 amide bonds. The molecule has 19 heavy (non-hydrogen) atoms. The maximum Gasteiger partial charge on any atom is 0.137 e. The molecular weight excluding hydrogens is 240 g/mol. The van der Waals surface area contributed by atoms with Crippen molar-refractivity contribution in [1.29, 1.82) is 0 Å². The highest BCUT2D eigenvalue weighted by atomic mass is 16.5. The van der Waals surface area contributed by atoms with Crippen molar-refractivity contribution in [1.82, 2.24) is 4.98 Å². The molecule has 0 unspecified atom stereocenters. The van der Waals surface area contributed by atoms with E-state index in [1.54, 1.807) is 12.4 Å². The lowest BCUT2D eigenvalue weighted by Gasteiger charge is -2.08. The molecule has 0 aliphatic heterocycles. The molecule has 100 valence electrons. The van der Waals surface area contributed by atoms with Crippen LogP contribution >= 0.6 is 0 Å². The van der Waals surface area contributed by atoms with E-state index in [9.17, 15) is 0 Å². The largest absolute Gasteiger partial charge is 0.493 e. The summed E-state index contributed by atoms with van der Waals surface area (Å²) in [5, 5.41) is 0. The highest BCUT2D eigenvalue weighted by molar-refractivity contribution is 5.27. The van der Waals surface area contributed by atoms with E-state index in [1.165, 1.54) is 0 Å². The summed E-state index contributed by atoms with van der Waals surface area (Å²) in [5.41, 5.74) is 6.64. The van der Waals surface area contributed by atoms with Gasteiger partial charge in [0.2, 0.25) is 0 Å². The van der Waals surface area contributed by atoms with Crippen molar-refractivity contribution in [2.24, 2.45) is 5.73 Å². The second kappa shape index (κ2) is 7.38. The normalized spacial score (nSPS) is 10.2. The molecule has 2 aromatic rings. The van der Waals surface area contributed by atoms with Gasteiger partial charge >= 0.3 is 0 Å². The van der Waals surface area contributed by atoms with E-state index in [0.717, 1.165) is 23.5 Å². The molecule has 0 radical (unpaired) electrons. The van der Waals surface area contributed by atoms with Crippen LogP contribution in [0.15, 0.2) is 48.8 Å². The third-order valence-electron chi connectivity index (χ3n) is 2.62. The zero-order valence-corrected chi connectivity index (χ0v) is 10.8. The second-order valence-electron chi connectivity index (χ2n) is 4.09. The number of nitrogens with two attached hydrogens (primary N) is 1. The van der Waals surface area contributed by atoms with Crippen molar-refractivity contribution in [3.05, 3.63) is 54.4 Å². The quantitative estimate of drug-likeness (QED) is 0.775. The van der Waals surface area contributed by atoms with Crippen molar-refractivity contribution < 1.29 is 9.47 Å². The monoisotopic (exact) mass is 258 g/mol. The zero-order valence-electron chi connectivity index (χ0n) is 10.8. The minimum atomic E-state index is 0.555. The Hall–Kier alpha value is -2.07. The van der Waals surface area contributed by atoms with E-state index in [2.05, 4.69) is 4.98 Å². The molecule has 1 aromatic carbocycles. The fraction of sp³-hybridized carbons (Fsp3) is 0.267. The van der Waals surface area contributed by atoms with Crippen molar-refractivity contribution in [2.75, 3.05) is 13.2 Å². The van der Waals surface area contributed by atoms with E-state index in [1.807, 2.05) is 36.4 Å². The number of pyridine rings is 1. The van der Waals surface area contributed by atoms with E-state index in [4.69, 9.17) is 15.2 Å². The van der Waals surface area contributed by atoms with Crippen molar-refractivity contribution in [2.45, 2.75) is 13.0 Å². The number of ether oxygens (including phenoxy) is 2. The number of benzene rings is 1. The first-order chi connectivity index (χ1) is 9.38. The summed E-state index contributed by atoms with van der Waals surface area (Å²) in [6, 6.07) is 11.6. The van der Waals surface area contributed by atoms with Crippen molar-refractivity contribution >= 4 is 0 Å². The van der Waals surface area contributed by atoms with Crippen LogP contribution in [0.4, 0.5) is 0 Å². The van der Waals surface area contributed by atoms with Gasteiger partial charge in [-0.1, -0.05) is 12.1 Å². The van der Waals surface area contributed by atoms with Crippen LogP contribution in [0.5, 0.6) is 11.5 Å². The smallest absolute Gasteiger partial charge is 0.137 e. The van der Waals surface area contributed by atoms with Crippen LogP contribution < -0.4 is 15.2 Å². The van der Waals surface area contributed by atoms with Crippen LogP contribution in [0.25, 0.3) is 0 Å². The second-order valence-corrected chi connectivity index (χ2v) is 4.09. The van der Waals surface area contributed by atoms with Gasteiger partial charge in [0.25, 0.3) is 0 Å². The summed E-state index contributed by atoms with van der Waals surface area (Å²) in [4.78, 5) is 3.98. The third-order valence-corrected chi connectivity index (χ3v) is 2.62. The molecule has 2 rings (SSSR count). The Labute approximate surface area is 113 Å². The van der Waals surface area contributed by atoms with Crippen molar-refractivity contribution in [3.8, 4) is 11.5 Å². The van der Waals surface area contributed by atoms with Gasteiger partial charge in [-0.05, 0) is 29.8 Å². The molecule has 4 nitrogen and oxygen atoms in total. The summed E-state index contributed by atoms with van der Waals surface area (Å²) >= 11 is 0. The van der Waals surface area contributed by atoms with Gasteiger partial charge in [-0.15, -0.1) is 0 Å². The van der Waals surface area contributed by atoms with Crippen LogP contribution in [0.1, 0.15) is 12.0 Å². The summed E-state index contributed by atoms with van der Waals surface area (Å²) in [6.45, 7) is 1.80. The number of aromatic nitrogens is 1. The number of hydrogen-bond acceptors (Lipinski definition) is 4. The topological polar surface area (TPSA) is 57.4 Å². The molecule has 0 saturated carbocycles. The van der Waals surface area contributed by atoms with E-state index >= 15 is 0 Å². The first-order valence-electron chi connectivity index (χ1n) is 6.33. The maximum atomic E-state index is 5.61. The van der Waals surface area contributed by atoms with Gasteiger partial charge < -0.3 is 15.2 Å². The van der Waals surface area contributed by atoms with Gasteiger partial charge in [-0.25, -0.2) is 0 Å². The van der Waals surface area contributed by atoms with E-state index in [-0.39, 0.29) is 0 Å². The lowest BCUT2D eigenvalue weighted by molar-refractivity contribution is 0.247. The maximum absolute atomic E-state index is 5.61. The molecular formula is C15H18N2O2. The van der Waals surface area contributed by atoms with E-state index in [0.29, 0.717) is 19.8 Å². The predicted molar refractivity (Wildman–Crippen MR) is 74.2 cm³/mol. The van der Waals surface area contributed by atoms with Crippen LogP contribution in [-0.4, -0.2) is 18.2 Å². The molecule has 4 heteroatoms. The Morgan fingerprint density at radius 3 is 2.32 bits per heavy atom. The van der Waals surface area contributed by atoms with Crippen LogP contribution in [0.3, 0.4) is 0 Å². The molecule has 2 N–H and O–H groups in total. The van der Waals surface area contributed by atoms with Gasteiger partial charge in [0.05, 0.1) is 19.4 Å². The fourth-order valence-electron chi connectivity index (χ4n) is 1.59. The van der Waals surface area contributed by atoms with Crippen LogP contribution in [-0.2, 0) is 6.54 Å². The molecule has 0 spiro atoms. The molecule has 1 aromatic heterocycles. The Balaban J connectivity index is 1.63. The van der Waals surface area contributed by atoms with Crippen LogP contribution in [0.2, 0.25) is 0 Å². The average Bonchev–Trinajstić information content (AvgIpc) is 2.49. The van der Waals surface area contributed by atoms with Crippen LogP contribution in [0, 0.1) is 0 Å². The number of rotatable bonds is 7. The summed E-state index contributed by atoms with van der Waals surface area (Å²) in [6.07, 6.45) is 4.25. The predicted octanol–water partition coefficient (Wildman–Crippen LogP) is 2.39. The van der Waals surface area contributed by atoms with Gasteiger partial charge in [-0.2, -0.15) is 0 Å². The summed E-state index contributed by atoms with van der Waals surface area (Å²) < 4.78 is 11.1. The van der Waals surface area contributed by atoms with Gasteiger partial charge in [0.15, 0.2) is 0 Å². The Morgan fingerprint density at radius 2 is 1.68 bits per heavy atom. The average molecular weight is 258 g/mol. The number of hydrogen-bond donors (Lipinski definition) is 1. The zero-order chi connectivity index (χ0) is 13.3. The Bertz CT molecular complexity index is 471. The summed E-state index contributed by atoms with van der Waals surface area (Å²) in [5.74, 6) is 1.65. The fourth-order valence-corrected chi connectivity index (χ4v) is 1.59. The highest BCUT2D eigenvalue weighted by Gasteiger charge is 1.96. The Kier molecular flexibility index (Phi) is 5.19. The lowest BCUT2D eigenvalue weighted by Crippen LogP contribution is -2.05. The highest BCUT2D eigenvalue weighted by Crippen LogP contribution is 2.12. The third kappa shape index (κ3) is 4.60. The molecule has 0 atom stereocenters. The molecule has 0 aliphatic carbocycles.